The number of halogens is 2. The molecule has 2 aromatic rings. The molecule has 1 aromatic carbocycles. The number of hydrogen-bond acceptors (Lipinski definition) is 4. The number of hydrogen-bond donors (Lipinski definition) is 2. The van der Waals surface area contributed by atoms with Crippen molar-refractivity contribution >= 4 is 50.2 Å². The normalized spacial score (nSPS) is 17.8. The molecule has 1 atom stereocenters. The first-order valence-corrected chi connectivity index (χ1v) is 9.33. The highest BCUT2D eigenvalue weighted by Crippen LogP contribution is 2.41. The third kappa shape index (κ3) is 3.05. The Balaban J connectivity index is 1.92. The summed E-state index contributed by atoms with van der Waals surface area (Å²) in [5.41, 5.74) is 1.71. The van der Waals surface area contributed by atoms with Gasteiger partial charge in [0, 0.05) is 4.88 Å². The van der Waals surface area contributed by atoms with Gasteiger partial charge >= 0.3 is 0 Å². The number of rotatable bonds is 3. The van der Waals surface area contributed by atoms with Gasteiger partial charge in [-0.15, -0.1) is 11.3 Å². The molecule has 1 aromatic heterocycles. The van der Waals surface area contributed by atoms with Crippen LogP contribution < -0.4 is 10.5 Å². The Kier molecular flexibility index (Phi) is 3.92. The van der Waals surface area contributed by atoms with Crippen LogP contribution in [0.15, 0.2) is 29.2 Å². The molecule has 0 saturated carbocycles. The van der Waals surface area contributed by atoms with Crippen molar-refractivity contribution in [3.8, 4) is 0 Å². The van der Waals surface area contributed by atoms with Crippen LogP contribution in [0, 0.1) is 0 Å². The van der Waals surface area contributed by atoms with Gasteiger partial charge in [0.15, 0.2) is 0 Å². The number of aryl methyl sites for hydroxylation is 1. The number of sulfonamides is 1. The van der Waals surface area contributed by atoms with Gasteiger partial charge in [-0.1, -0.05) is 23.2 Å². The van der Waals surface area contributed by atoms with Gasteiger partial charge in [-0.3, -0.25) is 0 Å². The SMILES string of the molecule is NS(=O)(=O)c1ccc(Cl)c(NC2CCc3sc(Cl)cc32)c1. The summed E-state index contributed by atoms with van der Waals surface area (Å²) in [6.45, 7) is 0. The monoisotopic (exact) mass is 362 g/mol. The second-order valence-electron chi connectivity index (χ2n) is 4.85. The molecular weight excluding hydrogens is 351 g/mol. The molecule has 1 heterocycles. The number of thiophene rings is 1. The summed E-state index contributed by atoms with van der Waals surface area (Å²) in [6.07, 6.45) is 1.88. The van der Waals surface area contributed by atoms with Crippen LogP contribution in [-0.4, -0.2) is 8.42 Å². The lowest BCUT2D eigenvalue weighted by atomic mass is 10.1. The minimum Gasteiger partial charge on any atom is -0.377 e. The Morgan fingerprint density at radius 2 is 2.05 bits per heavy atom. The van der Waals surface area contributed by atoms with Gasteiger partial charge in [-0.05, 0) is 42.7 Å². The number of fused-ring (bicyclic) bond motifs is 1. The molecule has 0 radical (unpaired) electrons. The largest absolute Gasteiger partial charge is 0.377 e. The minimum absolute atomic E-state index is 0.0379. The van der Waals surface area contributed by atoms with Crippen molar-refractivity contribution in [1.29, 1.82) is 0 Å². The summed E-state index contributed by atoms with van der Waals surface area (Å²) in [5.74, 6) is 0. The lowest BCUT2D eigenvalue weighted by Gasteiger charge is -2.16. The molecule has 1 aliphatic carbocycles. The van der Waals surface area contributed by atoms with Gasteiger partial charge < -0.3 is 5.32 Å². The number of nitrogens with one attached hydrogen (secondary N) is 1. The van der Waals surface area contributed by atoms with Crippen LogP contribution in [0.4, 0.5) is 5.69 Å². The third-order valence-electron chi connectivity index (χ3n) is 3.44. The molecule has 0 bridgehead atoms. The number of primary sulfonamides is 1. The molecule has 0 amide bonds. The van der Waals surface area contributed by atoms with E-state index in [-0.39, 0.29) is 10.9 Å². The average Bonchev–Trinajstić information content (AvgIpc) is 2.91. The highest BCUT2D eigenvalue weighted by atomic mass is 35.5. The number of nitrogens with two attached hydrogens (primary N) is 1. The van der Waals surface area contributed by atoms with Crippen LogP contribution in [-0.2, 0) is 16.4 Å². The molecule has 0 spiro atoms. The van der Waals surface area contributed by atoms with Gasteiger partial charge in [-0.25, -0.2) is 13.6 Å². The van der Waals surface area contributed by atoms with E-state index in [0.717, 1.165) is 22.7 Å². The van der Waals surface area contributed by atoms with E-state index in [0.29, 0.717) is 10.7 Å². The number of anilines is 1. The average molecular weight is 363 g/mol. The smallest absolute Gasteiger partial charge is 0.238 e. The quantitative estimate of drug-likeness (QED) is 0.871. The van der Waals surface area contributed by atoms with E-state index in [4.69, 9.17) is 28.3 Å². The fourth-order valence-corrected chi connectivity index (χ4v) is 4.53. The highest BCUT2D eigenvalue weighted by Gasteiger charge is 2.25. The van der Waals surface area contributed by atoms with Crippen molar-refractivity contribution in [2.75, 3.05) is 5.32 Å². The highest BCUT2D eigenvalue weighted by molar-refractivity contribution is 7.89. The lowest BCUT2D eigenvalue weighted by molar-refractivity contribution is 0.598. The summed E-state index contributed by atoms with van der Waals surface area (Å²) in [5, 5.41) is 8.89. The van der Waals surface area contributed by atoms with Gasteiger partial charge in [0.05, 0.1) is 26.0 Å². The van der Waals surface area contributed by atoms with Crippen molar-refractivity contribution in [2.24, 2.45) is 5.14 Å². The third-order valence-corrected chi connectivity index (χ3v) is 6.02. The molecule has 1 aliphatic rings. The van der Waals surface area contributed by atoms with Gasteiger partial charge in [-0.2, -0.15) is 0 Å². The van der Waals surface area contributed by atoms with Gasteiger partial charge in [0.25, 0.3) is 0 Å². The van der Waals surface area contributed by atoms with E-state index in [1.165, 1.54) is 23.1 Å². The van der Waals surface area contributed by atoms with E-state index < -0.39 is 10.0 Å². The second-order valence-corrected chi connectivity index (χ2v) is 8.59. The minimum atomic E-state index is -3.75. The first-order chi connectivity index (χ1) is 9.84. The maximum atomic E-state index is 11.4. The van der Waals surface area contributed by atoms with Crippen molar-refractivity contribution in [3.05, 3.63) is 44.1 Å². The van der Waals surface area contributed by atoms with Crippen LogP contribution in [0.2, 0.25) is 9.36 Å². The van der Waals surface area contributed by atoms with Crippen molar-refractivity contribution < 1.29 is 8.42 Å². The van der Waals surface area contributed by atoms with E-state index >= 15 is 0 Å². The second kappa shape index (κ2) is 5.44. The summed E-state index contributed by atoms with van der Waals surface area (Å²) >= 11 is 13.7. The van der Waals surface area contributed by atoms with E-state index in [1.807, 2.05) is 6.07 Å². The predicted octanol–water partition coefficient (Wildman–Crippen LogP) is 3.80. The molecule has 112 valence electrons. The zero-order valence-electron chi connectivity index (χ0n) is 10.8. The first-order valence-electron chi connectivity index (χ1n) is 6.21. The fourth-order valence-electron chi connectivity index (χ4n) is 2.46. The van der Waals surface area contributed by atoms with Gasteiger partial charge in [0.2, 0.25) is 10.0 Å². The molecular formula is C13H12Cl2N2O2S2. The summed E-state index contributed by atoms with van der Waals surface area (Å²) < 4.78 is 23.6. The Bertz CT molecular complexity index is 802. The summed E-state index contributed by atoms with van der Waals surface area (Å²) in [7, 11) is -3.75. The molecule has 3 rings (SSSR count). The molecule has 4 nitrogen and oxygen atoms in total. The predicted molar refractivity (Wildman–Crippen MR) is 86.8 cm³/mol. The van der Waals surface area contributed by atoms with Crippen molar-refractivity contribution in [3.63, 3.8) is 0 Å². The van der Waals surface area contributed by atoms with E-state index in [9.17, 15) is 8.42 Å². The van der Waals surface area contributed by atoms with Crippen molar-refractivity contribution in [1.82, 2.24) is 0 Å². The molecule has 21 heavy (non-hydrogen) atoms. The summed E-state index contributed by atoms with van der Waals surface area (Å²) in [6, 6.07) is 6.41. The zero-order valence-corrected chi connectivity index (χ0v) is 13.9. The van der Waals surface area contributed by atoms with E-state index in [2.05, 4.69) is 5.32 Å². The molecule has 8 heteroatoms. The fraction of sp³-hybridized carbons (Fsp3) is 0.231. The molecule has 0 saturated heterocycles. The van der Waals surface area contributed by atoms with Crippen LogP contribution in [0.25, 0.3) is 0 Å². The topological polar surface area (TPSA) is 72.2 Å². The number of benzene rings is 1. The van der Waals surface area contributed by atoms with Crippen molar-refractivity contribution in [2.45, 2.75) is 23.8 Å². The first kappa shape index (κ1) is 15.1. The molecule has 0 fully saturated rings. The Labute approximate surface area is 136 Å². The Morgan fingerprint density at radius 3 is 2.76 bits per heavy atom. The van der Waals surface area contributed by atoms with Crippen LogP contribution in [0.5, 0.6) is 0 Å². The lowest BCUT2D eigenvalue weighted by Crippen LogP contribution is -2.13. The zero-order chi connectivity index (χ0) is 15.2. The van der Waals surface area contributed by atoms with Crippen LogP contribution in [0.3, 0.4) is 0 Å². The van der Waals surface area contributed by atoms with Crippen LogP contribution in [0.1, 0.15) is 22.9 Å². The van der Waals surface area contributed by atoms with E-state index in [1.54, 1.807) is 11.3 Å². The Hall–Kier alpha value is -0.790. The summed E-state index contributed by atoms with van der Waals surface area (Å²) in [4.78, 5) is 1.30. The van der Waals surface area contributed by atoms with Crippen LogP contribution >= 0.6 is 34.5 Å². The Morgan fingerprint density at radius 1 is 1.29 bits per heavy atom. The standard InChI is InChI=1S/C13H12Cl2N2O2S2/c14-9-2-1-7(21(16,18)19)5-11(9)17-10-3-4-12-8(10)6-13(15)20-12/h1-2,5-6,10,17H,3-4H2,(H2,16,18,19). The molecule has 1 unspecified atom stereocenters. The molecule has 3 N–H and O–H groups in total. The molecule has 0 aliphatic heterocycles. The maximum Gasteiger partial charge on any atom is 0.238 e. The van der Waals surface area contributed by atoms with Gasteiger partial charge in [0.1, 0.15) is 0 Å². The maximum absolute atomic E-state index is 11.4.